The summed E-state index contributed by atoms with van der Waals surface area (Å²) in [5.74, 6) is 0.965. The van der Waals surface area contributed by atoms with Crippen LogP contribution in [0, 0.1) is 12.8 Å². The number of aromatic nitrogens is 1. The first-order valence-electron chi connectivity index (χ1n) is 8.16. The monoisotopic (exact) mass is 400 g/mol. The van der Waals surface area contributed by atoms with Crippen molar-refractivity contribution in [1.29, 1.82) is 0 Å². The molecule has 0 aliphatic rings. The fourth-order valence-electron chi connectivity index (χ4n) is 2.50. The van der Waals surface area contributed by atoms with E-state index in [1.165, 1.54) is 0 Å². The number of hydrogen-bond donors (Lipinski definition) is 1. The second kappa shape index (κ2) is 8.19. The van der Waals surface area contributed by atoms with Crippen LogP contribution in [0.25, 0.3) is 0 Å². The smallest absolute Gasteiger partial charge is 0.408 e. The Labute approximate surface area is 153 Å². The summed E-state index contributed by atoms with van der Waals surface area (Å²) in [7, 11) is 0. The summed E-state index contributed by atoms with van der Waals surface area (Å²) >= 11 is 3.39. The molecule has 0 unspecified atom stereocenters. The van der Waals surface area contributed by atoms with Crippen LogP contribution < -0.4 is 10.1 Å². The molecule has 0 fully saturated rings. The van der Waals surface area contributed by atoms with E-state index < -0.39 is 17.2 Å². The van der Waals surface area contributed by atoms with Gasteiger partial charge in [0.1, 0.15) is 12.2 Å². The second-order valence-electron chi connectivity index (χ2n) is 7.85. The molecule has 1 atom stereocenters. The van der Waals surface area contributed by atoms with Crippen LogP contribution in [0.5, 0.6) is 5.88 Å². The zero-order valence-corrected chi connectivity index (χ0v) is 17.3. The number of aryl methyl sites for hydroxylation is 1. The number of rotatable bonds is 6. The molecule has 24 heavy (non-hydrogen) atoms. The largest absolute Gasteiger partial charge is 0.475 e. The Morgan fingerprint density at radius 1 is 1.33 bits per heavy atom. The van der Waals surface area contributed by atoms with Gasteiger partial charge in [0.15, 0.2) is 0 Å². The molecular weight excluding hydrogens is 372 g/mol. The first-order chi connectivity index (χ1) is 10.9. The normalized spacial score (nSPS) is 14.2. The topological polar surface area (TPSA) is 60.5 Å². The van der Waals surface area contributed by atoms with Crippen LogP contribution in [0.15, 0.2) is 16.7 Å². The van der Waals surface area contributed by atoms with Gasteiger partial charge in [-0.1, -0.05) is 13.8 Å². The lowest BCUT2D eigenvalue weighted by Crippen LogP contribution is -2.52. The number of carbonyl (C=O) groups excluding carboxylic acids is 1. The number of nitrogens with one attached hydrogen (secondary N) is 1. The maximum absolute atomic E-state index is 12.2. The molecule has 0 aromatic carbocycles. The quantitative estimate of drug-likeness (QED) is 0.740. The van der Waals surface area contributed by atoms with E-state index in [4.69, 9.17) is 9.47 Å². The van der Waals surface area contributed by atoms with Gasteiger partial charge in [0.25, 0.3) is 0 Å². The van der Waals surface area contributed by atoms with Gasteiger partial charge >= 0.3 is 6.09 Å². The van der Waals surface area contributed by atoms with Gasteiger partial charge in [-0.05, 0) is 69.0 Å². The second-order valence-corrected chi connectivity index (χ2v) is 8.77. The first kappa shape index (κ1) is 20.7. The lowest BCUT2D eigenvalue weighted by Gasteiger charge is -2.33. The Kier molecular flexibility index (Phi) is 7.08. The maximum atomic E-state index is 12.2. The third kappa shape index (κ3) is 7.51. The van der Waals surface area contributed by atoms with E-state index in [1.54, 1.807) is 6.20 Å². The van der Waals surface area contributed by atoms with Gasteiger partial charge in [-0.2, -0.15) is 0 Å². The maximum Gasteiger partial charge on any atom is 0.408 e. The molecule has 136 valence electrons. The van der Waals surface area contributed by atoms with Gasteiger partial charge in [-0.25, -0.2) is 9.78 Å². The minimum absolute atomic E-state index is 0.319. The van der Waals surface area contributed by atoms with E-state index >= 15 is 0 Å². The summed E-state index contributed by atoms with van der Waals surface area (Å²) in [6, 6.07) is 1.95. The summed E-state index contributed by atoms with van der Waals surface area (Å²) in [6.07, 6.45) is 2.03. The minimum atomic E-state index is -0.544. The molecule has 1 amide bonds. The average molecular weight is 401 g/mol. The molecule has 0 spiro atoms. The van der Waals surface area contributed by atoms with Crippen LogP contribution in [-0.4, -0.2) is 28.8 Å². The van der Waals surface area contributed by atoms with Crippen LogP contribution in [0.4, 0.5) is 4.79 Å². The van der Waals surface area contributed by atoms with Crippen molar-refractivity contribution in [2.45, 2.75) is 66.0 Å². The lowest BCUT2D eigenvalue weighted by atomic mass is 9.91. The van der Waals surface area contributed by atoms with Crippen LogP contribution in [0.2, 0.25) is 0 Å². The molecular formula is C18H29BrN2O3. The number of pyridine rings is 1. The van der Waals surface area contributed by atoms with E-state index in [0.29, 0.717) is 18.4 Å². The van der Waals surface area contributed by atoms with Gasteiger partial charge in [0.05, 0.1) is 5.54 Å². The van der Waals surface area contributed by atoms with Crippen molar-refractivity contribution in [1.82, 2.24) is 10.3 Å². The molecule has 1 aromatic rings. The van der Waals surface area contributed by atoms with Crippen LogP contribution in [0.1, 0.15) is 53.5 Å². The van der Waals surface area contributed by atoms with E-state index in [0.717, 1.165) is 16.5 Å². The molecule has 0 aliphatic carbocycles. The highest BCUT2D eigenvalue weighted by atomic mass is 79.9. The van der Waals surface area contributed by atoms with Crippen molar-refractivity contribution in [2.24, 2.45) is 5.92 Å². The zero-order valence-electron chi connectivity index (χ0n) is 15.7. The molecule has 1 heterocycles. The molecule has 0 bridgehead atoms. The van der Waals surface area contributed by atoms with E-state index in [1.807, 2.05) is 40.7 Å². The Morgan fingerprint density at radius 2 is 1.96 bits per heavy atom. The summed E-state index contributed by atoms with van der Waals surface area (Å²) in [5.41, 5.74) is -0.140. The zero-order chi connectivity index (χ0) is 18.5. The highest BCUT2D eigenvalue weighted by Gasteiger charge is 2.31. The predicted molar refractivity (Wildman–Crippen MR) is 99.4 cm³/mol. The van der Waals surface area contributed by atoms with Gasteiger partial charge in [-0.15, -0.1) is 0 Å². The number of alkyl carbamates (subject to hydrolysis) is 1. The Balaban J connectivity index is 2.81. The highest BCUT2D eigenvalue weighted by Crippen LogP contribution is 2.23. The molecule has 1 aromatic heterocycles. The third-order valence-corrected chi connectivity index (χ3v) is 3.62. The van der Waals surface area contributed by atoms with E-state index in [9.17, 15) is 4.79 Å². The molecule has 0 saturated heterocycles. The van der Waals surface area contributed by atoms with E-state index in [2.05, 4.69) is 40.1 Å². The number of ether oxygens (including phenoxy) is 2. The van der Waals surface area contributed by atoms with Crippen LogP contribution >= 0.6 is 15.9 Å². The van der Waals surface area contributed by atoms with Crippen molar-refractivity contribution in [3.63, 3.8) is 0 Å². The standard InChI is InChI=1S/C18H29BrN2O3/c1-12(2)9-18(7,21-16(22)24-17(4,5)6)11-23-15-13(3)8-14(19)10-20-15/h8,10,12H,9,11H2,1-7H3,(H,21,22)/t18-/m0/s1. The summed E-state index contributed by atoms with van der Waals surface area (Å²) in [5, 5.41) is 2.96. The molecule has 0 aliphatic heterocycles. The van der Waals surface area contributed by atoms with Gasteiger partial charge < -0.3 is 14.8 Å². The van der Waals surface area contributed by atoms with Crippen molar-refractivity contribution in [3.05, 3.63) is 22.3 Å². The Morgan fingerprint density at radius 3 is 2.46 bits per heavy atom. The molecule has 1 N–H and O–H groups in total. The molecule has 0 saturated carbocycles. The Hall–Kier alpha value is -1.30. The molecule has 6 heteroatoms. The first-order valence-corrected chi connectivity index (χ1v) is 8.96. The number of halogens is 1. The van der Waals surface area contributed by atoms with Crippen LogP contribution in [-0.2, 0) is 4.74 Å². The fourth-order valence-corrected chi connectivity index (χ4v) is 2.95. The summed E-state index contributed by atoms with van der Waals surface area (Å²) in [4.78, 5) is 16.5. The number of nitrogens with zero attached hydrogens (tertiary/aromatic N) is 1. The van der Waals surface area contributed by atoms with E-state index in [-0.39, 0.29) is 0 Å². The average Bonchev–Trinajstić information content (AvgIpc) is 2.33. The minimum Gasteiger partial charge on any atom is -0.475 e. The Bertz CT molecular complexity index is 570. The summed E-state index contributed by atoms with van der Waals surface area (Å²) in [6.45, 7) is 14.0. The van der Waals surface area contributed by atoms with Gasteiger partial charge in [0.2, 0.25) is 5.88 Å². The predicted octanol–water partition coefficient (Wildman–Crippen LogP) is 4.86. The fraction of sp³-hybridized carbons (Fsp3) is 0.667. The SMILES string of the molecule is Cc1cc(Br)cnc1OC[C@](C)(CC(C)C)NC(=O)OC(C)(C)C. The molecule has 5 nitrogen and oxygen atoms in total. The molecule has 1 rings (SSSR count). The number of hydrogen-bond acceptors (Lipinski definition) is 4. The number of amides is 1. The lowest BCUT2D eigenvalue weighted by molar-refractivity contribution is 0.0405. The van der Waals surface area contributed by atoms with Crippen molar-refractivity contribution in [2.75, 3.05) is 6.61 Å². The highest BCUT2D eigenvalue weighted by molar-refractivity contribution is 9.10. The van der Waals surface area contributed by atoms with Gasteiger partial charge in [0, 0.05) is 16.2 Å². The molecule has 0 radical (unpaired) electrons. The number of carbonyl (C=O) groups is 1. The van der Waals surface area contributed by atoms with Crippen molar-refractivity contribution < 1.29 is 14.3 Å². The van der Waals surface area contributed by atoms with Gasteiger partial charge in [-0.3, -0.25) is 0 Å². The summed E-state index contributed by atoms with van der Waals surface area (Å²) < 4.78 is 12.2. The third-order valence-electron chi connectivity index (χ3n) is 3.19. The van der Waals surface area contributed by atoms with Crippen molar-refractivity contribution in [3.8, 4) is 5.88 Å². The van der Waals surface area contributed by atoms with Crippen LogP contribution in [0.3, 0.4) is 0 Å². The van der Waals surface area contributed by atoms with Crippen molar-refractivity contribution >= 4 is 22.0 Å².